The number of aliphatic carboxylic acids is 1. The van der Waals surface area contributed by atoms with Crippen molar-refractivity contribution < 1.29 is 19.4 Å². The van der Waals surface area contributed by atoms with E-state index in [2.05, 4.69) is 46.4 Å². The summed E-state index contributed by atoms with van der Waals surface area (Å²) < 4.78 is 11.9. The monoisotopic (exact) mass is 445 g/mol. The first kappa shape index (κ1) is 21.3. The van der Waals surface area contributed by atoms with E-state index in [0.717, 1.165) is 52.6 Å². The zero-order chi connectivity index (χ0) is 22.8. The van der Waals surface area contributed by atoms with Gasteiger partial charge in [0.2, 0.25) is 0 Å². The van der Waals surface area contributed by atoms with Gasteiger partial charge in [0.1, 0.15) is 18.2 Å². The Bertz CT molecular complexity index is 1150. The van der Waals surface area contributed by atoms with Crippen molar-refractivity contribution in [2.75, 3.05) is 23.4 Å². The maximum atomic E-state index is 11.1. The number of nitrogens with one attached hydrogen (secondary N) is 1. The van der Waals surface area contributed by atoms with Crippen LogP contribution in [0.1, 0.15) is 48.6 Å². The number of hydrogen-bond donors (Lipinski definition) is 2. The molecule has 2 atom stereocenters. The highest BCUT2D eigenvalue weighted by atomic mass is 16.5. The first-order valence-corrected chi connectivity index (χ1v) is 11.3. The van der Waals surface area contributed by atoms with Crippen molar-refractivity contribution in [3.05, 3.63) is 77.5 Å². The molecule has 0 aliphatic carbocycles. The molecule has 3 aromatic rings. The highest BCUT2D eigenvalue weighted by Gasteiger charge is 2.30. The van der Waals surface area contributed by atoms with Crippen LogP contribution in [-0.2, 0) is 16.1 Å². The molecule has 2 N–H and O–H groups in total. The average molecular weight is 446 g/mol. The number of anilines is 3. The third kappa shape index (κ3) is 4.24. The van der Waals surface area contributed by atoms with Gasteiger partial charge >= 0.3 is 5.97 Å². The number of nitrogens with zero attached hydrogens (tertiary/aromatic N) is 2. The van der Waals surface area contributed by atoms with E-state index in [0.29, 0.717) is 13.2 Å². The number of carboxylic acids is 1. The highest BCUT2D eigenvalue weighted by Crippen LogP contribution is 2.44. The molecule has 0 bridgehead atoms. The smallest absolute Gasteiger partial charge is 0.306 e. The lowest BCUT2D eigenvalue weighted by Gasteiger charge is -2.25. The summed E-state index contributed by atoms with van der Waals surface area (Å²) >= 11 is 0. The second-order valence-corrected chi connectivity index (χ2v) is 8.35. The normalized spacial score (nSPS) is 18.3. The van der Waals surface area contributed by atoms with E-state index >= 15 is 0 Å². The van der Waals surface area contributed by atoms with Gasteiger partial charge in [0.25, 0.3) is 0 Å². The number of ether oxygens (including phenoxy) is 2. The molecule has 2 aliphatic heterocycles. The summed E-state index contributed by atoms with van der Waals surface area (Å²) in [5, 5.41) is 12.7. The molecule has 170 valence electrons. The number of fused-ring (bicyclic) bond motifs is 2. The van der Waals surface area contributed by atoms with Gasteiger partial charge in [-0.1, -0.05) is 31.2 Å². The minimum atomic E-state index is -0.853. The van der Waals surface area contributed by atoms with Gasteiger partial charge in [-0.2, -0.15) is 0 Å². The van der Waals surface area contributed by atoms with Gasteiger partial charge in [-0.25, -0.2) is 4.98 Å². The molecule has 7 nitrogen and oxygen atoms in total. The molecule has 5 rings (SSSR count). The summed E-state index contributed by atoms with van der Waals surface area (Å²) in [6, 6.07) is 18.2. The summed E-state index contributed by atoms with van der Waals surface area (Å²) in [6.07, 6.45) is 2.41. The molecule has 0 saturated carbocycles. The van der Waals surface area contributed by atoms with Gasteiger partial charge in [-0.15, -0.1) is 0 Å². The molecular formula is C26H27N3O4. The van der Waals surface area contributed by atoms with E-state index in [9.17, 15) is 4.79 Å². The van der Waals surface area contributed by atoms with Crippen molar-refractivity contribution in [2.24, 2.45) is 0 Å². The standard InChI is InChI=1S/C26H27N3O4/c1-2-12-29(24-8-3-4-11-27-24)22-7-5-6-20-21(16-33-26(20)22)28-18-9-10-19-17(13-18)15-32-23(19)14-25(30)31/h3-11,13,21,23,28H,2,12,14-16H2,1H3,(H,30,31)/t21-,23+/m1/s1. The van der Waals surface area contributed by atoms with Crippen LogP contribution in [-0.4, -0.2) is 29.2 Å². The predicted octanol–water partition coefficient (Wildman–Crippen LogP) is 5.22. The first-order chi connectivity index (χ1) is 16.1. The average Bonchev–Trinajstić information content (AvgIpc) is 3.42. The third-order valence-corrected chi connectivity index (χ3v) is 6.09. The van der Waals surface area contributed by atoms with E-state index in [4.69, 9.17) is 14.6 Å². The van der Waals surface area contributed by atoms with Crippen LogP contribution in [0.15, 0.2) is 60.8 Å². The quantitative estimate of drug-likeness (QED) is 0.492. The van der Waals surface area contributed by atoms with Gasteiger partial charge < -0.3 is 24.8 Å². The number of carboxylic acid groups (broad SMARTS) is 1. The fraction of sp³-hybridized carbons (Fsp3) is 0.308. The second-order valence-electron chi connectivity index (χ2n) is 8.35. The molecule has 0 saturated heterocycles. The molecular weight excluding hydrogens is 418 g/mol. The molecule has 7 heteroatoms. The Morgan fingerprint density at radius 3 is 2.88 bits per heavy atom. The third-order valence-electron chi connectivity index (χ3n) is 6.09. The van der Waals surface area contributed by atoms with Crippen LogP contribution in [0.25, 0.3) is 0 Å². The van der Waals surface area contributed by atoms with Gasteiger partial charge in [0.15, 0.2) is 0 Å². The Kier molecular flexibility index (Phi) is 5.88. The van der Waals surface area contributed by atoms with Gasteiger partial charge in [0.05, 0.1) is 30.9 Å². The van der Waals surface area contributed by atoms with E-state index in [1.54, 1.807) is 0 Å². The summed E-state index contributed by atoms with van der Waals surface area (Å²) in [5.74, 6) is 0.941. The zero-order valence-electron chi connectivity index (χ0n) is 18.5. The zero-order valence-corrected chi connectivity index (χ0v) is 18.5. The molecule has 3 heterocycles. The second kappa shape index (κ2) is 9.11. The summed E-state index contributed by atoms with van der Waals surface area (Å²) in [5.41, 5.74) is 5.10. The van der Waals surface area contributed by atoms with Crippen molar-refractivity contribution >= 4 is 23.2 Å². The lowest BCUT2D eigenvalue weighted by atomic mass is 10.0. The summed E-state index contributed by atoms with van der Waals surface area (Å²) in [4.78, 5) is 17.8. The van der Waals surface area contributed by atoms with Crippen molar-refractivity contribution in [3.63, 3.8) is 0 Å². The van der Waals surface area contributed by atoms with Crippen molar-refractivity contribution in [3.8, 4) is 5.75 Å². The topological polar surface area (TPSA) is 83.9 Å². The summed E-state index contributed by atoms with van der Waals surface area (Å²) in [7, 11) is 0. The van der Waals surface area contributed by atoms with Gasteiger partial charge in [0, 0.05) is 24.0 Å². The number of pyridine rings is 1. The van der Waals surface area contributed by atoms with Crippen molar-refractivity contribution in [1.29, 1.82) is 0 Å². The number of para-hydroxylation sites is 1. The molecule has 1 aromatic heterocycles. The molecule has 33 heavy (non-hydrogen) atoms. The van der Waals surface area contributed by atoms with Crippen molar-refractivity contribution in [2.45, 2.75) is 38.5 Å². The lowest BCUT2D eigenvalue weighted by molar-refractivity contribution is -0.140. The van der Waals surface area contributed by atoms with Crippen molar-refractivity contribution in [1.82, 2.24) is 4.98 Å². The van der Waals surface area contributed by atoms with Crippen LogP contribution in [0.3, 0.4) is 0 Å². The predicted molar refractivity (Wildman–Crippen MR) is 126 cm³/mol. The van der Waals surface area contributed by atoms with Crippen LogP contribution in [0.5, 0.6) is 5.75 Å². The number of benzene rings is 2. The van der Waals surface area contributed by atoms with Crippen LogP contribution in [0.4, 0.5) is 17.2 Å². The first-order valence-electron chi connectivity index (χ1n) is 11.3. The van der Waals surface area contributed by atoms with Gasteiger partial charge in [-0.05, 0) is 47.9 Å². The fourth-order valence-electron chi connectivity index (χ4n) is 4.60. The SMILES string of the molecule is CCCN(c1ccccn1)c1cccc2c1OC[C@H]2Nc1ccc2c(c1)CO[C@H]2CC(=O)O. The highest BCUT2D eigenvalue weighted by molar-refractivity contribution is 5.71. The Morgan fingerprint density at radius 2 is 2.09 bits per heavy atom. The molecule has 0 fully saturated rings. The summed E-state index contributed by atoms with van der Waals surface area (Å²) in [6.45, 7) is 3.96. The van der Waals surface area contributed by atoms with E-state index in [-0.39, 0.29) is 18.6 Å². The lowest BCUT2D eigenvalue weighted by Crippen LogP contribution is -2.19. The van der Waals surface area contributed by atoms with Crippen LogP contribution in [0, 0.1) is 0 Å². The van der Waals surface area contributed by atoms with E-state index < -0.39 is 5.97 Å². The minimum absolute atomic E-state index is 0.0161. The molecule has 2 aliphatic rings. The maximum absolute atomic E-state index is 11.1. The Labute approximate surface area is 193 Å². The molecule has 2 aromatic carbocycles. The van der Waals surface area contributed by atoms with Crippen LogP contribution < -0.4 is 15.0 Å². The number of aromatic nitrogens is 1. The molecule has 0 amide bonds. The Hall–Kier alpha value is -3.58. The maximum Gasteiger partial charge on any atom is 0.306 e. The molecule has 0 radical (unpaired) electrons. The Morgan fingerprint density at radius 1 is 1.18 bits per heavy atom. The molecule has 0 unspecified atom stereocenters. The number of carbonyl (C=O) groups is 1. The van der Waals surface area contributed by atoms with E-state index in [1.807, 2.05) is 36.5 Å². The largest absolute Gasteiger partial charge is 0.489 e. The van der Waals surface area contributed by atoms with Crippen LogP contribution in [0.2, 0.25) is 0 Å². The van der Waals surface area contributed by atoms with E-state index in [1.165, 1.54) is 0 Å². The fourth-order valence-corrected chi connectivity index (χ4v) is 4.60. The Balaban J connectivity index is 1.39. The number of rotatable bonds is 8. The minimum Gasteiger partial charge on any atom is -0.489 e. The van der Waals surface area contributed by atoms with Crippen LogP contribution >= 0.6 is 0 Å². The number of hydrogen-bond acceptors (Lipinski definition) is 6. The molecule has 0 spiro atoms. The van der Waals surface area contributed by atoms with Gasteiger partial charge in [-0.3, -0.25) is 4.79 Å².